The van der Waals surface area contributed by atoms with Gasteiger partial charge in [0, 0.05) is 16.2 Å². The Morgan fingerprint density at radius 3 is 2.76 bits per heavy atom. The maximum atomic E-state index is 11.9. The Kier molecular flexibility index (Phi) is 5.19. The standard InChI is InChI=1S/C19H18BrN3O2/c1-12-7-16(20)8-13(2)19(12)25-11-18(24)23-22-10-14-3-4-15-5-6-21-17(15)9-14/h3-10,21H,11H2,1-2H3,(H,23,24)/b22-10+. The van der Waals surface area contributed by atoms with Gasteiger partial charge in [0.1, 0.15) is 5.75 Å². The number of H-pyrrole nitrogens is 1. The van der Waals surface area contributed by atoms with E-state index in [1.54, 1.807) is 6.21 Å². The monoisotopic (exact) mass is 399 g/mol. The van der Waals surface area contributed by atoms with Crippen LogP contribution < -0.4 is 10.2 Å². The number of hydrogen-bond donors (Lipinski definition) is 2. The first-order valence-corrected chi connectivity index (χ1v) is 8.61. The van der Waals surface area contributed by atoms with Crippen molar-refractivity contribution in [1.82, 2.24) is 10.4 Å². The SMILES string of the molecule is Cc1cc(Br)cc(C)c1OCC(=O)N/N=C/c1ccc2cc[nH]c2c1. The number of rotatable bonds is 5. The van der Waals surface area contributed by atoms with Crippen molar-refractivity contribution in [1.29, 1.82) is 0 Å². The van der Waals surface area contributed by atoms with Crippen molar-refractivity contribution in [2.24, 2.45) is 5.10 Å². The number of nitrogens with zero attached hydrogens (tertiary/aromatic N) is 1. The molecule has 128 valence electrons. The summed E-state index contributed by atoms with van der Waals surface area (Å²) in [6.45, 7) is 3.80. The molecule has 6 heteroatoms. The van der Waals surface area contributed by atoms with Gasteiger partial charge in [-0.2, -0.15) is 5.10 Å². The van der Waals surface area contributed by atoms with E-state index in [-0.39, 0.29) is 12.5 Å². The Bertz CT molecular complexity index is 924. The number of amides is 1. The molecule has 0 atom stereocenters. The highest BCUT2D eigenvalue weighted by Gasteiger charge is 2.08. The van der Waals surface area contributed by atoms with Gasteiger partial charge in [0.15, 0.2) is 6.61 Å². The molecule has 1 heterocycles. The Hall–Kier alpha value is -2.60. The maximum Gasteiger partial charge on any atom is 0.277 e. The van der Waals surface area contributed by atoms with Crippen LogP contribution in [-0.4, -0.2) is 23.7 Å². The molecule has 0 fully saturated rings. The molecule has 0 saturated carbocycles. The van der Waals surface area contributed by atoms with Crippen LogP contribution in [0.15, 0.2) is 52.2 Å². The number of ether oxygens (including phenoxy) is 1. The van der Waals surface area contributed by atoms with Crippen molar-refractivity contribution in [3.63, 3.8) is 0 Å². The van der Waals surface area contributed by atoms with Crippen LogP contribution in [0.25, 0.3) is 10.9 Å². The summed E-state index contributed by atoms with van der Waals surface area (Å²) in [6.07, 6.45) is 3.49. The number of fused-ring (bicyclic) bond motifs is 1. The van der Waals surface area contributed by atoms with E-state index < -0.39 is 0 Å². The van der Waals surface area contributed by atoms with Crippen LogP contribution in [0.2, 0.25) is 0 Å². The third kappa shape index (κ3) is 4.28. The molecule has 1 amide bonds. The lowest BCUT2D eigenvalue weighted by Gasteiger charge is -2.11. The van der Waals surface area contributed by atoms with Crippen molar-refractivity contribution in [2.45, 2.75) is 13.8 Å². The van der Waals surface area contributed by atoms with Crippen molar-refractivity contribution in [3.05, 3.63) is 63.8 Å². The number of carbonyl (C=O) groups is 1. The number of nitrogens with one attached hydrogen (secondary N) is 2. The molecular formula is C19H18BrN3O2. The molecule has 0 aliphatic heterocycles. The van der Waals surface area contributed by atoms with Gasteiger partial charge in [0.25, 0.3) is 5.91 Å². The van der Waals surface area contributed by atoms with Crippen LogP contribution in [0.3, 0.4) is 0 Å². The van der Waals surface area contributed by atoms with E-state index in [0.717, 1.165) is 37.8 Å². The molecule has 3 aromatic rings. The highest BCUT2D eigenvalue weighted by Crippen LogP contribution is 2.27. The van der Waals surface area contributed by atoms with Crippen molar-refractivity contribution < 1.29 is 9.53 Å². The molecule has 0 spiro atoms. The molecule has 0 unspecified atom stereocenters. The van der Waals surface area contributed by atoms with Crippen LogP contribution in [0, 0.1) is 13.8 Å². The second kappa shape index (κ2) is 7.53. The number of hydrogen-bond acceptors (Lipinski definition) is 3. The van der Waals surface area contributed by atoms with Gasteiger partial charge in [0.2, 0.25) is 0 Å². The molecule has 2 aromatic carbocycles. The summed E-state index contributed by atoms with van der Waals surface area (Å²) in [5.74, 6) is 0.415. The van der Waals surface area contributed by atoms with Gasteiger partial charge in [-0.3, -0.25) is 4.79 Å². The fourth-order valence-electron chi connectivity index (χ4n) is 2.62. The highest BCUT2D eigenvalue weighted by molar-refractivity contribution is 9.10. The number of hydrazone groups is 1. The van der Waals surface area contributed by atoms with E-state index in [1.165, 1.54) is 0 Å². The van der Waals surface area contributed by atoms with Gasteiger partial charge < -0.3 is 9.72 Å². The molecule has 1 aromatic heterocycles. The van der Waals surface area contributed by atoms with Crippen LogP contribution in [0.4, 0.5) is 0 Å². The van der Waals surface area contributed by atoms with E-state index in [4.69, 9.17) is 4.74 Å². The fourth-order valence-corrected chi connectivity index (χ4v) is 3.31. The minimum absolute atomic E-state index is 0.0870. The Labute approximate surface area is 154 Å². The maximum absolute atomic E-state index is 11.9. The highest BCUT2D eigenvalue weighted by atomic mass is 79.9. The molecule has 0 saturated heterocycles. The number of aromatic nitrogens is 1. The normalized spacial score (nSPS) is 11.2. The van der Waals surface area contributed by atoms with Gasteiger partial charge in [-0.15, -0.1) is 0 Å². The number of carbonyl (C=O) groups excluding carboxylic acids is 1. The van der Waals surface area contributed by atoms with E-state index in [2.05, 4.69) is 31.4 Å². The zero-order chi connectivity index (χ0) is 17.8. The first kappa shape index (κ1) is 17.2. The summed E-state index contributed by atoms with van der Waals surface area (Å²) in [6, 6.07) is 11.8. The van der Waals surface area contributed by atoms with Gasteiger partial charge in [-0.25, -0.2) is 5.43 Å². The summed E-state index contributed by atoms with van der Waals surface area (Å²) < 4.78 is 6.61. The molecule has 0 aliphatic rings. The van der Waals surface area contributed by atoms with Gasteiger partial charge in [-0.05, 0) is 60.2 Å². The molecule has 0 bridgehead atoms. The summed E-state index contributed by atoms with van der Waals surface area (Å²) in [7, 11) is 0. The van der Waals surface area contributed by atoms with Crippen molar-refractivity contribution in [3.8, 4) is 5.75 Å². The zero-order valence-electron chi connectivity index (χ0n) is 14.0. The smallest absolute Gasteiger partial charge is 0.277 e. The lowest BCUT2D eigenvalue weighted by atomic mass is 10.1. The number of aromatic amines is 1. The van der Waals surface area contributed by atoms with Gasteiger partial charge in [-0.1, -0.05) is 28.1 Å². The molecule has 25 heavy (non-hydrogen) atoms. The topological polar surface area (TPSA) is 66.5 Å². The Balaban J connectivity index is 1.56. The van der Waals surface area contributed by atoms with Gasteiger partial charge >= 0.3 is 0 Å². The van der Waals surface area contributed by atoms with Crippen molar-refractivity contribution in [2.75, 3.05) is 6.61 Å². The molecule has 2 N–H and O–H groups in total. The average molecular weight is 400 g/mol. The second-order valence-electron chi connectivity index (χ2n) is 5.77. The Morgan fingerprint density at radius 2 is 2.00 bits per heavy atom. The summed E-state index contributed by atoms with van der Waals surface area (Å²) in [5, 5.41) is 5.11. The number of aryl methyl sites for hydroxylation is 2. The summed E-state index contributed by atoms with van der Waals surface area (Å²) >= 11 is 3.44. The minimum atomic E-state index is -0.307. The first-order chi connectivity index (χ1) is 12.0. The van der Waals surface area contributed by atoms with E-state index in [0.29, 0.717) is 0 Å². The zero-order valence-corrected chi connectivity index (χ0v) is 15.6. The predicted octanol–water partition coefficient (Wildman–Crippen LogP) is 4.08. The lowest BCUT2D eigenvalue weighted by molar-refractivity contribution is -0.123. The quantitative estimate of drug-likeness (QED) is 0.501. The third-order valence-corrected chi connectivity index (χ3v) is 4.21. The van der Waals surface area contributed by atoms with E-state index in [1.807, 2.05) is 56.4 Å². The molecule has 3 rings (SSSR count). The summed E-state index contributed by atoms with van der Waals surface area (Å²) in [5.41, 5.74) is 6.36. The molecule has 0 radical (unpaired) electrons. The minimum Gasteiger partial charge on any atom is -0.483 e. The van der Waals surface area contributed by atoms with E-state index in [9.17, 15) is 4.79 Å². The first-order valence-electron chi connectivity index (χ1n) is 7.81. The van der Waals surface area contributed by atoms with Crippen LogP contribution in [-0.2, 0) is 4.79 Å². The van der Waals surface area contributed by atoms with Gasteiger partial charge in [0.05, 0.1) is 6.21 Å². The Morgan fingerprint density at radius 1 is 1.24 bits per heavy atom. The van der Waals surface area contributed by atoms with E-state index >= 15 is 0 Å². The second-order valence-corrected chi connectivity index (χ2v) is 6.69. The predicted molar refractivity (Wildman–Crippen MR) is 103 cm³/mol. The number of halogens is 1. The largest absolute Gasteiger partial charge is 0.483 e. The van der Waals surface area contributed by atoms with Crippen LogP contribution in [0.1, 0.15) is 16.7 Å². The molecular weight excluding hydrogens is 382 g/mol. The van der Waals surface area contributed by atoms with Crippen LogP contribution >= 0.6 is 15.9 Å². The van der Waals surface area contributed by atoms with Crippen LogP contribution in [0.5, 0.6) is 5.75 Å². The van der Waals surface area contributed by atoms with Crippen molar-refractivity contribution >= 4 is 39.0 Å². The third-order valence-electron chi connectivity index (χ3n) is 3.75. The average Bonchev–Trinajstić information content (AvgIpc) is 3.01. The number of benzene rings is 2. The molecule has 5 nitrogen and oxygen atoms in total. The lowest BCUT2D eigenvalue weighted by Crippen LogP contribution is -2.25. The molecule has 0 aliphatic carbocycles. The summed E-state index contributed by atoms with van der Waals surface area (Å²) in [4.78, 5) is 15.0. The fraction of sp³-hybridized carbons (Fsp3) is 0.158.